The fraction of sp³-hybridized carbons (Fsp3) is 0.0909. The molecule has 7 heteroatoms. The molecule has 1 N–H and O–H groups in total. The van der Waals surface area contributed by atoms with E-state index >= 15 is 0 Å². The van der Waals surface area contributed by atoms with Gasteiger partial charge in [-0.3, -0.25) is 14.5 Å². The second-order valence-electron chi connectivity index (χ2n) is 6.35. The van der Waals surface area contributed by atoms with Crippen LogP contribution in [0.5, 0.6) is 5.75 Å². The Morgan fingerprint density at radius 2 is 1.90 bits per heavy atom. The Morgan fingerprint density at radius 3 is 2.69 bits per heavy atom. The van der Waals surface area contributed by atoms with Gasteiger partial charge in [-0.1, -0.05) is 52.3 Å². The first-order valence-corrected chi connectivity index (χ1v) is 10.6. The number of halogens is 1. The molecule has 0 spiro atoms. The van der Waals surface area contributed by atoms with E-state index in [9.17, 15) is 9.59 Å². The summed E-state index contributed by atoms with van der Waals surface area (Å²) in [7, 11) is 0. The van der Waals surface area contributed by atoms with Crippen LogP contribution in [0.25, 0.3) is 6.08 Å². The molecule has 146 valence electrons. The summed E-state index contributed by atoms with van der Waals surface area (Å²) in [6.45, 7) is 0.355. The zero-order valence-electron chi connectivity index (χ0n) is 15.3. The molecule has 0 radical (unpaired) electrons. The maximum absolute atomic E-state index is 13.1. The zero-order valence-corrected chi connectivity index (χ0v) is 17.7. The summed E-state index contributed by atoms with van der Waals surface area (Å²) in [4.78, 5) is 28.1. The largest absolute Gasteiger partial charge is 0.449 e. The van der Waals surface area contributed by atoms with Crippen molar-refractivity contribution in [1.29, 1.82) is 0 Å². The number of thiophene rings is 1. The van der Waals surface area contributed by atoms with Gasteiger partial charge in [-0.15, -0.1) is 11.3 Å². The Hall–Kier alpha value is -2.90. The Kier molecular flexibility index (Phi) is 5.78. The second-order valence-corrected chi connectivity index (χ2v) is 8.23. The van der Waals surface area contributed by atoms with E-state index in [0.29, 0.717) is 18.0 Å². The SMILES string of the molecule is O=C(CN1C(=O)C(=Cc2ccccc2Br)Oc2ccccc21)NCc1cccs1. The second kappa shape index (κ2) is 8.63. The number of benzene rings is 2. The molecule has 0 unspecified atom stereocenters. The Balaban J connectivity index is 1.59. The van der Waals surface area contributed by atoms with E-state index in [0.717, 1.165) is 14.9 Å². The lowest BCUT2D eigenvalue weighted by Crippen LogP contribution is -2.44. The molecule has 0 fully saturated rings. The monoisotopic (exact) mass is 468 g/mol. The van der Waals surface area contributed by atoms with E-state index in [1.807, 2.05) is 53.9 Å². The number of para-hydroxylation sites is 2. The topological polar surface area (TPSA) is 58.6 Å². The standard InChI is InChI=1S/C22H17BrN2O3S/c23-17-8-2-1-6-15(17)12-20-22(27)25(18-9-3-4-10-19(18)28-20)14-21(26)24-13-16-7-5-11-29-16/h1-12H,13-14H2,(H,24,26). The number of hydrogen-bond donors (Lipinski definition) is 1. The molecule has 2 heterocycles. The molecule has 1 aliphatic rings. The molecule has 0 saturated heterocycles. The number of hydrogen-bond acceptors (Lipinski definition) is 4. The quantitative estimate of drug-likeness (QED) is 0.556. The van der Waals surface area contributed by atoms with Gasteiger partial charge < -0.3 is 10.1 Å². The van der Waals surface area contributed by atoms with Crippen LogP contribution in [0.4, 0.5) is 5.69 Å². The van der Waals surface area contributed by atoms with Gasteiger partial charge in [0.2, 0.25) is 5.91 Å². The molecule has 1 aromatic heterocycles. The number of rotatable bonds is 5. The third-order valence-electron chi connectivity index (χ3n) is 4.37. The van der Waals surface area contributed by atoms with Gasteiger partial charge in [-0.05, 0) is 41.3 Å². The van der Waals surface area contributed by atoms with Crippen molar-refractivity contribution < 1.29 is 14.3 Å². The molecule has 5 nitrogen and oxygen atoms in total. The molecule has 4 rings (SSSR count). The van der Waals surface area contributed by atoms with Crippen molar-refractivity contribution in [3.8, 4) is 5.75 Å². The minimum absolute atomic E-state index is 0.0854. The molecule has 2 aromatic carbocycles. The van der Waals surface area contributed by atoms with Gasteiger partial charge in [0, 0.05) is 9.35 Å². The predicted octanol–water partition coefficient (Wildman–Crippen LogP) is 4.59. The normalized spacial score (nSPS) is 14.4. The van der Waals surface area contributed by atoms with Crippen LogP contribution in [0.1, 0.15) is 10.4 Å². The van der Waals surface area contributed by atoms with Crippen LogP contribution >= 0.6 is 27.3 Å². The minimum Gasteiger partial charge on any atom is -0.449 e. The molecule has 1 aliphatic heterocycles. The molecule has 0 bridgehead atoms. The van der Waals surface area contributed by atoms with Crippen molar-refractivity contribution in [2.75, 3.05) is 11.4 Å². The molecule has 0 atom stereocenters. The average molecular weight is 469 g/mol. The van der Waals surface area contributed by atoms with Crippen molar-refractivity contribution in [2.24, 2.45) is 0 Å². The van der Waals surface area contributed by atoms with Gasteiger partial charge in [0.15, 0.2) is 11.5 Å². The molecule has 0 aliphatic carbocycles. The third kappa shape index (κ3) is 4.41. The van der Waals surface area contributed by atoms with Gasteiger partial charge in [0.05, 0.1) is 12.2 Å². The molecular formula is C22H17BrN2O3S. The molecule has 0 saturated carbocycles. The predicted molar refractivity (Wildman–Crippen MR) is 118 cm³/mol. The van der Waals surface area contributed by atoms with Crippen LogP contribution in [-0.4, -0.2) is 18.4 Å². The van der Waals surface area contributed by atoms with Crippen LogP contribution in [0.2, 0.25) is 0 Å². The zero-order chi connectivity index (χ0) is 20.2. The summed E-state index contributed by atoms with van der Waals surface area (Å²) >= 11 is 5.06. The number of fused-ring (bicyclic) bond motifs is 1. The highest BCUT2D eigenvalue weighted by molar-refractivity contribution is 9.10. The van der Waals surface area contributed by atoms with Crippen LogP contribution in [-0.2, 0) is 16.1 Å². The van der Waals surface area contributed by atoms with Gasteiger partial charge in [-0.2, -0.15) is 0 Å². The third-order valence-corrected chi connectivity index (χ3v) is 5.96. The first-order valence-electron chi connectivity index (χ1n) is 8.96. The average Bonchev–Trinajstić information content (AvgIpc) is 3.25. The van der Waals surface area contributed by atoms with Crippen molar-refractivity contribution in [2.45, 2.75) is 6.54 Å². The summed E-state index contributed by atoms with van der Waals surface area (Å²) < 4.78 is 6.70. The summed E-state index contributed by atoms with van der Waals surface area (Å²) in [5.74, 6) is 0.118. The summed E-state index contributed by atoms with van der Waals surface area (Å²) in [6.07, 6.45) is 1.68. The van der Waals surface area contributed by atoms with Crippen LogP contribution in [0, 0.1) is 0 Å². The Morgan fingerprint density at radius 1 is 1.10 bits per heavy atom. The smallest absolute Gasteiger partial charge is 0.294 e. The lowest BCUT2D eigenvalue weighted by Gasteiger charge is -2.30. The molecule has 29 heavy (non-hydrogen) atoms. The van der Waals surface area contributed by atoms with Crippen LogP contribution < -0.4 is 15.0 Å². The summed E-state index contributed by atoms with van der Waals surface area (Å²) in [5, 5.41) is 4.83. The lowest BCUT2D eigenvalue weighted by molar-refractivity contribution is -0.123. The van der Waals surface area contributed by atoms with Gasteiger partial charge in [0.1, 0.15) is 6.54 Å². The Bertz CT molecular complexity index is 1080. The molecule has 2 amide bonds. The van der Waals surface area contributed by atoms with Crippen LogP contribution in [0.3, 0.4) is 0 Å². The highest BCUT2D eigenvalue weighted by atomic mass is 79.9. The molecular weight excluding hydrogens is 452 g/mol. The molecule has 3 aromatic rings. The van der Waals surface area contributed by atoms with Gasteiger partial charge in [-0.25, -0.2) is 0 Å². The van der Waals surface area contributed by atoms with E-state index in [2.05, 4.69) is 21.2 Å². The van der Waals surface area contributed by atoms with Gasteiger partial charge >= 0.3 is 0 Å². The number of nitrogens with one attached hydrogen (secondary N) is 1. The van der Waals surface area contributed by atoms with Crippen molar-refractivity contribution in [3.05, 3.63) is 86.7 Å². The van der Waals surface area contributed by atoms with E-state index in [4.69, 9.17) is 4.74 Å². The Labute approximate surface area is 180 Å². The highest BCUT2D eigenvalue weighted by Crippen LogP contribution is 2.35. The maximum atomic E-state index is 13.1. The number of carbonyl (C=O) groups excluding carboxylic acids is 2. The van der Waals surface area contributed by atoms with E-state index in [-0.39, 0.29) is 24.1 Å². The summed E-state index contributed by atoms with van der Waals surface area (Å²) in [5.41, 5.74) is 1.39. The van der Waals surface area contributed by atoms with E-state index < -0.39 is 0 Å². The first kappa shape index (κ1) is 19.4. The maximum Gasteiger partial charge on any atom is 0.294 e. The highest BCUT2D eigenvalue weighted by Gasteiger charge is 2.31. The number of carbonyl (C=O) groups is 2. The van der Waals surface area contributed by atoms with Crippen molar-refractivity contribution in [3.63, 3.8) is 0 Å². The fourth-order valence-corrected chi connectivity index (χ4v) is 3.99. The van der Waals surface area contributed by atoms with Gasteiger partial charge in [0.25, 0.3) is 5.91 Å². The number of ether oxygens (including phenoxy) is 1. The van der Waals surface area contributed by atoms with Crippen molar-refractivity contribution in [1.82, 2.24) is 5.32 Å². The van der Waals surface area contributed by atoms with E-state index in [1.54, 1.807) is 29.5 Å². The number of amides is 2. The fourth-order valence-electron chi connectivity index (χ4n) is 2.95. The number of nitrogens with zero attached hydrogens (tertiary/aromatic N) is 1. The van der Waals surface area contributed by atoms with Crippen LogP contribution in [0.15, 0.2) is 76.3 Å². The lowest BCUT2D eigenvalue weighted by atomic mass is 10.1. The first-order chi connectivity index (χ1) is 14.1. The van der Waals surface area contributed by atoms with E-state index in [1.165, 1.54) is 4.90 Å². The number of anilines is 1. The summed E-state index contributed by atoms with van der Waals surface area (Å²) in [6, 6.07) is 18.7. The minimum atomic E-state index is -0.356. The van der Waals surface area contributed by atoms with Crippen molar-refractivity contribution >= 4 is 50.8 Å².